The van der Waals surface area contributed by atoms with Gasteiger partial charge in [0.25, 0.3) is 0 Å². The molecule has 2 aromatic rings. The molecule has 0 radical (unpaired) electrons. The van der Waals surface area contributed by atoms with Crippen LogP contribution >= 0.6 is 0 Å². The van der Waals surface area contributed by atoms with Gasteiger partial charge < -0.3 is 9.64 Å². The third kappa shape index (κ3) is 6.47. The van der Waals surface area contributed by atoms with E-state index >= 15 is 0 Å². The Morgan fingerprint density at radius 1 is 0.906 bits per heavy atom. The first-order valence-corrected chi connectivity index (χ1v) is 14.9. The number of hydrogen-bond donors (Lipinski definition) is 0. The molecule has 0 atom stereocenters. The van der Waals surface area contributed by atoms with Crippen molar-refractivity contribution in [3.63, 3.8) is 0 Å². The summed E-state index contributed by atoms with van der Waals surface area (Å²) >= 11 is 0. The molecule has 0 aromatic heterocycles. The zero-order chi connectivity index (χ0) is 24.5. The molecule has 0 N–H and O–H groups in total. The Morgan fingerprint density at radius 2 is 1.38 bits per heavy atom. The average Bonchev–Trinajstić information content (AvgIpc) is 2.64. The minimum absolute atomic E-state index is 0.115. The normalized spacial score (nSPS) is 12.6. The molecule has 2 aromatic carbocycles. The minimum Gasteiger partial charge on any atom is -0.426 e. The van der Waals surface area contributed by atoms with Gasteiger partial charge in [0.05, 0.1) is 8.07 Å². The Morgan fingerprint density at radius 3 is 1.75 bits per heavy atom. The number of aryl methyl sites for hydroxylation is 1. The minimum atomic E-state index is -1.59. The summed E-state index contributed by atoms with van der Waals surface area (Å²) in [5.74, 6) is 0.487. The van der Waals surface area contributed by atoms with Gasteiger partial charge in [0.15, 0.2) is 0 Å². The second kappa shape index (κ2) is 9.42. The molecule has 0 spiro atoms. The maximum atomic E-state index is 11.9. The highest BCUT2D eigenvalue weighted by atomic mass is 28.3. The number of esters is 1. The molecule has 32 heavy (non-hydrogen) atoms. The summed E-state index contributed by atoms with van der Waals surface area (Å²) in [4.78, 5) is 14.1. The van der Waals surface area contributed by atoms with Crippen LogP contribution in [-0.2, 0) is 22.0 Å². The smallest absolute Gasteiger partial charge is 0.308 e. The highest BCUT2D eigenvalue weighted by molar-refractivity contribution is 6.89. The number of anilines is 1. The number of nitrogens with zero attached hydrogens (tertiary/aromatic N) is 1. The Balaban J connectivity index is 2.43. The molecule has 0 saturated carbocycles. The van der Waals surface area contributed by atoms with Crippen LogP contribution in [0.25, 0.3) is 0 Å². The maximum Gasteiger partial charge on any atom is 0.308 e. The molecule has 0 saturated heterocycles. The van der Waals surface area contributed by atoms with Crippen LogP contribution in [0, 0.1) is 0 Å². The second-order valence-corrected chi connectivity index (χ2v) is 16.8. The van der Waals surface area contributed by atoms with E-state index in [2.05, 4.69) is 110 Å². The molecule has 0 aliphatic heterocycles. The molecule has 4 heteroatoms. The quantitative estimate of drug-likeness (QED) is 0.287. The summed E-state index contributed by atoms with van der Waals surface area (Å²) in [5, 5.41) is 1.49. The monoisotopic (exact) mass is 453 g/mol. The number of hydrogen-bond acceptors (Lipinski definition) is 3. The lowest BCUT2D eigenvalue weighted by molar-refractivity contribution is -0.132. The Labute approximate surface area is 197 Å². The molecule has 0 unspecified atom stereocenters. The van der Waals surface area contributed by atoms with E-state index in [1.165, 1.54) is 29.4 Å². The van der Waals surface area contributed by atoms with Crippen molar-refractivity contribution >= 4 is 24.9 Å². The summed E-state index contributed by atoms with van der Waals surface area (Å²) in [7, 11) is 2.57. The number of benzene rings is 2. The Hall–Kier alpha value is -2.07. The number of ether oxygens (including phenoxy) is 1. The van der Waals surface area contributed by atoms with Crippen molar-refractivity contribution in [1.29, 1.82) is 0 Å². The highest BCUT2D eigenvalue weighted by Gasteiger charge is 2.30. The van der Waals surface area contributed by atoms with Crippen LogP contribution in [0.15, 0.2) is 36.4 Å². The van der Waals surface area contributed by atoms with Gasteiger partial charge in [0, 0.05) is 37.8 Å². The average molecular weight is 454 g/mol. The molecule has 0 amide bonds. The van der Waals surface area contributed by atoms with Crippen molar-refractivity contribution in [2.24, 2.45) is 0 Å². The van der Waals surface area contributed by atoms with Crippen LogP contribution in [-0.4, -0.2) is 28.1 Å². The van der Waals surface area contributed by atoms with Crippen molar-refractivity contribution in [1.82, 2.24) is 0 Å². The first kappa shape index (κ1) is 26.2. The van der Waals surface area contributed by atoms with Gasteiger partial charge in [-0.3, -0.25) is 4.79 Å². The SMILES string of the molecule is CC(=O)Oc1c(C(C)(C)C)cc(CC[Si](C)(C)c2ccc(N(C)C)cc2)cc1C(C)(C)C. The van der Waals surface area contributed by atoms with Crippen LogP contribution in [0.3, 0.4) is 0 Å². The van der Waals surface area contributed by atoms with E-state index < -0.39 is 8.07 Å². The summed E-state index contributed by atoms with van der Waals surface area (Å²) in [6.07, 6.45) is 1.03. The van der Waals surface area contributed by atoms with Crippen LogP contribution < -0.4 is 14.8 Å². The largest absolute Gasteiger partial charge is 0.426 e. The standard InChI is InChI=1S/C28H43NO2Si/c1-20(30)31-26-24(27(2,3)4)18-21(19-25(26)28(5,6)7)16-17-32(10,11)23-14-12-22(13-15-23)29(8)9/h12-15,18-19H,16-17H2,1-11H3. The third-order valence-electron chi connectivity index (χ3n) is 6.21. The van der Waals surface area contributed by atoms with Crippen LogP contribution in [0.4, 0.5) is 5.69 Å². The van der Waals surface area contributed by atoms with Crippen LogP contribution in [0.5, 0.6) is 5.75 Å². The van der Waals surface area contributed by atoms with E-state index in [1.807, 2.05) is 0 Å². The molecule has 3 nitrogen and oxygen atoms in total. The predicted octanol–water partition coefficient (Wildman–Crippen LogP) is 6.43. The number of rotatable bonds is 6. The van der Waals surface area contributed by atoms with Gasteiger partial charge >= 0.3 is 5.97 Å². The fraction of sp³-hybridized carbons (Fsp3) is 0.536. The molecule has 2 rings (SSSR count). The van der Waals surface area contributed by atoms with Gasteiger partial charge in [-0.15, -0.1) is 0 Å². The predicted molar refractivity (Wildman–Crippen MR) is 142 cm³/mol. The summed E-state index contributed by atoms with van der Waals surface area (Å²) in [6.45, 7) is 19.6. The summed E-state index contributed by atoms with van der Waals surface area (Å²) < 4.78 is 5.80. The van der Waals surface area contributed by atoms with Crippen molar-refractivity contribution in [2.45, 2.75) is 84.9 Å². The molecular formula is C28H43NO2Si. The first-order chi connectivity index (χ1) is 14.5. The lowest BCUT2D eigenvalue weighted by atomic mass is 9.78. The molecule has 0 bridgehead atoms. The van der Waals surface area contributed by atoms with E-state index in [0.717, 1.165) is 23.3 Å². The number of carbonyl (C=O) groups excluding carboxylic acids is 1. The van der Waals surface area contributed by atoms with E-state index in [0.29, 0.717) is 0 Å². The Kier molecular flexibility index (Phi) is 7.71. The Bertz CT molecular complexity index is 910. The highest BCUT2D eigenvalue weighted by Crippen LogP contribution is 2.41. The van der Waals surface area contributed by atoms with E-state index in [-0.39, 0.29) is 16.8 Å². The fourth-order valence-corrected chi connectivity index (χ4v) is 6.28. The zero-order valence-corrected chi connectivity index (χ0v) is 23.1. The molecule has 0 fully saturated rings. The van der Waals surface area contributed by atoms with E-state index in [9.17, 15) is 4.79 Å². The van der Waals surface area contributed by atoms with Gasteiger partial charge in [-0.05, 0) is 41.0 Å². The van der Waals surface area contributed by atoms with Gasteiger partial charge in [-0.25, -0.2) is 0 Å². The maximum absolute atomic E-state index is 11.9. The molecule has 0 heterocycles. The van der Waals surface area contributed by atoms with Crippen molar-refractivity contribution in [2.75, 3.05) is 19.0 Å². The zero-order valence-electron chi connectivity index (χ0n) is 22.1. The van der Waals surface area contributed by atoms with Crippen molar-refractivity contribution in [3.05, 3.63) is 53.1 Å². The van der Waals surface area contributed by atoms with Crippen LogP contribution in [0.2, 0.25) is 19.1 Å². The number of carbonyl (C=O) groups is 1. The van der Waals surface area contributed by atoms with Crippen molar-refractivity contribution < 1.29 is 9.53 Å². The fourth-order valence-electron chi connectivity index (χ4n) is 4.01. The molecule has 0 aliphatic rings. The van der Waals surface area contributed by atoms with E-state index in [4.69, 9.17) is 4.74 Å². The van der Waals surface area contributed by atoms with Gasteiger partial charge in [0.1, 0.15) is 5.75 Å². The lowest BCUT2D eigenvalue weighted by Crippen LogP contribution is -2.41. The van der Waals surface area contributed by atoms with Gasteiger partial charge in [0.2, 0.25) is 0 Å². The molecule has 176 valence electrons. The molecule has 0 aliphatic carbocycles. The van der Waals surface area contributed by atoms with Crippen molar-refractivity contribution in [3.8, 4) is 5.75 Å². The first-order valence-electron chi connectivity index (χ1n) is 11.7. The summed E-state index contributed by atoms with van der Waals surface area (Å²) in [5.41, 5.74) is 4.58. The lowest BCUT2D eigenvalue weighted by Gasteiger charge is -2.30. The topological polar surface area (TPSA) is 29.5 Å². The third-order valence-corrected chi connectivity index (χ3v) is 9.61. The van der Waals surface area contributed by atoms with Crippen LogP contribution in [0.1, 0.15) is 65.2 Å². The molecular weight excluding hydrogens is 410 g/mol. The van der Waals surface area contributed by atoms with E-state index in [1.54, 1.807) is 0 Å². The second-order valence-electron chi connectivity index (χ2n) is 11.9. The van der Waals surface area contributed by atoms with Gasteiger partial charge in [-0.2, -0.15) is 0 Å². The van der Waals surface area contributed by atoms with Gasteiger partial charge in [-0.1, -0.05) is 84.1 Å². The summed E-state index contributed by atoms with van der Waals surface area (Å²) in [6, 6.07) is 14.8.